The van der Waals surface area contributed by atoms with Gasteiger partial charge in [-0.15, -0.1) is 0 Å². The number of nitrogens with zero attached hydrogens (tertiary/aromatic N) is 4. The highest BCUT2D eigenvalue weighted by atomic mass is 16.3. The highest BCUT2D eigenvalue weighted by Gasteiger charge is 2.29. The van der Waals surface area contributed by atoms with Crippen LogP contribution in [0.25, 0.3) is 22.0 Å². The van der Waals surface area contributed by atoms with E-state index in [0.717, 1.165) is 62.8 Å². The molecule has 3 aromatic rings. The highest BCUT2D eigenvalue weighted by Crippen LogP contribution is 2.27. The number of rotatable bonds is 4. The van der Waals surface area contributed by atoms with Crippen molar-refractivity contribution in [3.63, 3.8) is 0 Å². The lowest BCUT2D eigenvalue weighted by Gasteiger charge is -2.21. The van der Waals surface area contributed by atoms with Crippen LogP contribution in [0, 0.1) is 5.92 Å². The molecule has 0 amide bonds. The number of benzene rings is 2. The number of anilines is 1. The molecular weight excluding hydrogens is 348 g/mol. The summed E-state index contributed by atoms with van der Waals surface area (Å²) >= 11 is 0. The third-order valence-corrected chi connectivity index (χ3v) is 6.02. The predicted octanol–water partition coefficient (Wildman–Crippen LogP) is 3.19. The molecule has 5 nitrogen and oxygen atoms in total. The van der Waals surface area contributed by atoms with E-state index in [0.29, 0.717) is 5.92 Å². The Balaban J connectivity index is 1.31. The van der Waals surface area contributed by atoms with Crippen molar-refractivity contribution in [3.8, 4) is 11.3 Å². The molecule has 2 aliphatic rings. The van der Waals surface area contributed by atoms with Gasteiger partial charge in [-0.05, 0) is 41.7 Å². The Hall–Kier alpha value is -2.50. The summed E-state index contributed by atoms with van der Waals surface area (Å²) in [6.45, 7) is 4.91. The molecular formula is C23H26N4O. The van der Waals surface area contributed by atoms with E-state index in [1.54, 1.807) is 0 Å². The first kappa shape index (κ1) is 17.6. The molecule has 1 N–H and O–H groups in total. The van der Waals surface area contributed by atoms with E-state index in [1.165, 1.54) is 10.8 Å². The van der Waals surface area contributed by atoms with Crippen molar-refractivity contribution in [1.82, 2.24) is 14.9 Å². The molecule has 0 spiro atoms. The van der Waals surface area contributed by atoms with Gasteiger partial charge in [0.05, 0.1) is 11.8 Å². The fourth-order valence-electron chi connectivity index (χ4n) is 4.52. The Morgan fingerprint density at radius 1 is 0.964 bits per heavy atom. The van der Waals surface area contributed by atoms with Crippen LogP contribution in [-0.4, -0.2) is 58.8 Å². The summed E-state index contributed by atoms with van der Waals surface area (Å²) in [7, 11) is 0. The largest absolute Gasteiger partial charge is 0.392 e. The molecule has 2 saturated heterocycles. The topological polar surface area (TPSA) is 52.5 Å². The zero-order chi connectivity index (χ0) is 18.9. The molecule has 2 aliphatic heterocycles. The first-order valence-electron chi connectivity index (χ1n) is 10.2. The second kappa shape index (κ2) is 7.49. The van der Waals surface area contributed by atoms with Crippen molar-refractivity contribution < 1.29 is 5.11 Å². The number of aromatic nitrogens is 2. The predicted molar refractivity (Wildman–Crippen MR) is 112 cm³/mol. The van der Waals surface area contributed by atoms with E-state index < -0.39 is 0 Å². The summed E-state index contributed by atoms with van der Waals surface area (Å²) < 4.78 is 0. The molecule has 5 heteroatoms. The van der Waals surface area contributed by atoms with Crippen LogP contribution in [0.1, 0.15) is 12.8 Å². The average molecular weight is 374 g/mol. The van der Waals surface area contributed by atoms with Gasteiger partial charge in [-0.25, -0.2) is 9.97 Å². The first-order chi connectivity index (χ1) is 13.7. The number of aliphatic hydroxyl groups is 1. The van der Waals surface area contributed by atoms with Crippen molar-refractivity contribution in [2.45, 2.75) is 18.9 Å². The van der Waals surface area contributed by atoms with Crippen molar-refractivity contribution in [2.75, 3.05) is 37.6 Å². The molecule has 2 fully saturated rings. The molecule has 0 aliphatic carbocycles. The summed E-state index contributed by atoms with van der Waals surface area (Å²) in [5, 5.41) is 12.2. The van der Waals surface area contributed by atoms with Crippen LogP contribution in [-0.2, 0) is 0 Å². The number of likely N-dealkylation sites (tertiary alicyclic amines) is 1. The van der Waals surface area contributed by atoms with Crippen LogP contribution in [0.2, 0.25) is 0 Å². The van der Waals surface area contributed by atoms with Gasteiger partial charge < -0.3 is 14.9 Å². The van der Waals surface area contributed by atoms with Gasteiger partial charge in [-0.2, -0.15) is 0 Å². The third-order valence-electron chi connectivity index (χ3n) is 6.02. The van der Waals surface area contributed by atoms with Gasteiger partial charge in [0, 0.05) is 44.5 Å². The standard InChI is InChI=1S/C23H26N4O/c28-21-9-11-26(16-21)14-17-8-12-27(15-17)23-24-10-7-22(25-23)20-6-5-18-3-1-2-4-19(18)13-20/h1-7,10,13,17,21,28H,8-9,11-12,14-16H2/t17?,21-/m1/s1. The molecule has 0 bridgehead atoms. The van der Waals surface area contributed by atoms with E-state index in [4.69, 9.17) is 4.98 Å². The molecule has 144 valence electrons. The highest BCUT2D eigenvalue weighted by molar-refractivity contribution is 5.86. The number of β-amino-alcohol motifs (C(OH)–C–C–N with tert-alkyl or cyclic N) is 1. The molecule has 2 atom stereocenters. The van der Waals surface area contributed by atoms with Crippen LogP contribution in [0.3, 0.4) is 0 Å². The smallest absolute Gasteiger partial charge is 0.225 e. The van der Waals surface area contributed by atoms with Gasteiger partial charge in [0.25, 0.3) is 0 Å². The van der Waals surface area contributed by atoms with Crippen molar-refractivity contribution in [1.29, 1.82) is 0 Å². The second-order valence-corrected chi connectivity index (χ2v) is 8.11. The van der Waals surface area contributed by atoms with Crippen LogP contribution in [0.5, 0.6) is 0 Å². The monoisotopic (exact) mass is 374 g/mol. The van der Waals surface area contributed by atoms with Crippen molar-refractivity contribution in [3.05, 3.63) is 54.7 Å². The minimum Gasteiger partial charge on any atom is -0.392 e. The van der Waals surface area contributed by atoms with Crippen LogP contribution in [0.4, 0.5) is 5.95 Å². The normalized spacial score (nSPS) is 23.0. The minimum atomic E-state index is -0.139. The van der Waals surface area contributed by atoms with E-state index in [1.807, 2.05) is 12.3 Å². The molecule has 5 rings (SSSR count). The second-order valence-electron chi connectivity index (χ2n) is 8.11. The molecule has 1 unspecified atom stereocenters. The number of fused-ring (bicyclic) bond motifs is 1. The Kier molecular flexibility index (Phi) is 4.71. The van der Waals surface area contributed by atoms with Gasteiger partial charge in [0.15, 0.2) is 0 Å². The summed E-state index contributed by atoms with van der Waals surface area (Å²) in [5.41, 5.74) is 2.10. The zero-order valence-electron chi connectivity index (χ0n) is 16.0. The van der Waals surface area contributed by atoms with Gasteiger partial charge >= 0.3 is 0 Å². The number of aliphatic hydroxyl groups excluding tert-OH is 1. The Labute approximate surface area is 165 Å². The SMILES string of the molecule is O[C@@H]1CCN(CC2CCN(c3nccc(-c4ccc5ccccc5c4)n3)C2)C1. The maximum atomic E-state index is 9.74. The molecule has 28 heavy (non-hydrogen) atoms. The average Bonchev–Trinajstić information content (AvgIpc) is 3.37. The fraction of sp³-hybridized carbons (Fsp3) is 0.391. The first-order valence-corrected chi connectivity index (χ1v) is 10.2. The lowest BCUT2D eigenvalue weighted by atomic mass is 10.1. The fourth-order valence-corrected chi connectivity index (χ4v) is 4.52. The number of hydrogen-bond acceptors (Lipinski definition) is 5. The summed E-state index contributed by atoms with van der Waals surface area (Å²) in [5.74, 6) is 1.45. The maximum absolute atomic E-state index is 9.74. The summed E-state index contributed by atoms with van der Waals surface area (Å²) in [4.78, 5) is 14.1. The molecule has 1 aromatic heterocycles. The summed E-state index contributed by atoms with van der Waals surface area (Å²) in [6, 6.07) is 16.9. The van der Waals surface area contributed by atoms with Crippen LogP contribution >= 0.6 is 0 Å². The lowest BCUT2D eigenvalue weighted by Crippen LogP contribution is -2.30. The van der Waals surface area contributed by atoms with Crippen LogP contribution < -0.4 is 4.90 Å². The van der Waals surface area contributed by atoms with Gasteiger partial charge in [-0.3, -0.25) is 0 Å². The van der Waals surface area contributed by atoms with E-state index >= 15 is 0 Å². The van der Waals surface area contributed by atoms with E-state index in [2.05, 4.69) is 57.2 Å². The minimum absolute atomic E-state index is 0.139. The lowest BCUT2D eigenvalue weighted by molar-refractivity contribution is 0.171. The van der Waals surface area contributed by atoms with Crippen molar-refractivity contribution >= 4 is 16.7 Å². The third kappa shape index (κ3) is 3.60. The Bertz CT molecular complexity index is 975. The van der Waals surface area contributed by atoms with Gasteiger partial charge in [0.2, 0.25) is 5.95 Å². The van der Waals surface area contributed by atoms with Crippen LogP contribution in [0.15, 0.2) is 54.7 Å². The van der Waals surface area contributed by atoms with Gasteiger partial charge in [0.1, 0.15) is 0 Å². The maximum Gasteiger partial charge on any atom is 0.225 e. The zero-order valence-corrected chi connectivity index (χ0v) is 16.0. The Morgan fingerprint density at radius 2 is 1.86 bits per heavy atom. The number of hydrogen-bond donors (Lipinski definition) is 1. The van der Waals surface area contributed by atoms with E-state index in [-0.39, 0.29) is 6.10 Å². The van der Waals surface area contributed by atoms with E-state index in [9.17, 15) is 5.11 Å². The van der Waals surface area contributed by atoms with Crippen molar-refractivity contribution in [2.24, 2.45) is 5.92 Å². The molecule has 0 saturated carbocycles. The summed E-state index contributed by atoms with van der Waals surface area (Å²) in [6.07, 6.45) is 3.81. The quantitative estimate of drug-likeness (QED) is 0.760. The Morgan fingerprint density at radius 3 is 2.71 bits per heavy atom. The molecule has 3 heterocycles. The molecule has 2 aromatic carbocycles. The molecule has 0 radical (unpaired) electrons. The van der Waals surface area contributed by atoms with Gasteiger partial charge in [-0.1, -0.05) is 36.4 Å².